The first-order chi connectivity index (χ1) is 15.1. The molecule has 1 aromatic carbocycles. The number of nitrogens with zero attached hydrogens (tertiary/aromatic N) is 5. The van der Waals surface area contributed by atoms with Crippen molar-refractivity contribution in [1.29, 1.82) is 10.5 Å². The van der Waals surface area contributed by atoms with Gasteiger partial charge in [0, 0.05) is 47.8 Å². The zero-order valence-corrected chi connectivity index (χ0v) is 16.3. The van der Waals surface area contributed by atoms with E-state index in [9.17, 15) is 15.3 Å². The maximum Gasteiger partial charge on any atom is 0.245 e. The molecule has 0 bridgehead atoms. The summed E-state index contributed by atoms with van der Waals surface area (Å²) < 4.78 is 7.77. The number of Topliss-reactive ketones (excluding diaryl/α,β-unsaturated/α-hetero) is 1. The Morgan fingerprint density at radius 2 is 1.90 bits per heavy atom. The van der Waals surface area contributed by atoms with Gasteiger partial charge < -0.3 is 8.98 Å². The van der Waals surface area contributed by atoms with E-state index in [0.29, 0.717) is 34.0 Å². The highest BCUT2D eigenvalue weighted by atomic mass is 16.3. The summed E-state index contributed by atoms with van der Waals surface area (Å²) in [5.74, 6) is 0.870. The largest absolute Gasteiger partial charge is 0.437 e. The molecule has 1 aliphatic rings. The standard InChI is InChI=1S/C24H13N5O2/c1-29-20-10-16(31-24(20)28-23(29)14-5-4-8-27-13-14)9-19-21(15(11-25)12-26)17-6-2-3-7-18(17)22(19)30/h2-10,13H,1H3/b19-9-. The summed E-state index contributed by atoms with van der Waals surface area (Å²) in [5, 5.41) is 18.9. The van der Waals surface area contributed by atoms with Gasteiger partial charge in [0.05, 0.1) is 0 Å². The third kappa shape index (κ3) is 2.77. The van der Waals surface area contributed by atoms with Crippen LogP contribution in [0.2, 0.25) is 0 Å². The number of hydrogen-bond donors (Lipinski definition) is 0. The summed E-state index contributed by atoms with van der Waals surface area (Å²) in [4.78, 5) is 21.7. The Morgan fingerprint density at radius 3 is 2.58 bits per heavy atom. The first-order valence-electron chi connectivity index (χ1n) is 9.39. The van der Waals surface area contributed by atoms with E-state index in [1.165, 1.54) is 0 Å². The van der Waals surface area contributed by atoms with Crippen molar-refractivity contribution in [3.63, 3.8) is 0 Å². The van der Waals surface area contributed by atoms with Gasteiger partial charge in [0.25, 0.3) is 0 Å². The second-order valence-corrected chi connectivity index (χ2v) is 6.98. The molecule has 3 aromatic heterocycles. The lowest BCUT2D eigenvalue weighted by molar-refractivity contribution is 0.104. The summed E-state index contributed by atoms with van der Waals surface area (Å²) >= 11 is 0. The smallest absolute Gasteiger partial charge is 0.245 e. The van der Waals surface area contributed by atoms with Gasteiger partial charge in [-0.15, -0.1) is 0 Å². The molecule has 0 saturated carbocycles. The Kier molecular flexibility index (Phi) is 4.10. The predicted octanol–water partition coefficient (Wildman–Crippen LogP) is 4.31. The molecule has 4 aromatic rings. The molecule has 3 heterocycles. The molecule has 0 aliphatic heterocycles. The van der Waals surface area contributed by atoms with E-state index in [-0.39, 0.29) is 16.9 Å². The van der Waals surface area contributed by atoms with Crippen LogP contribution < -0.4 is 0 Å². The topological polar surface area (TPSA) is 108 Å². The first kappa shape index (κ1) is 18.3. The minimum Gasteiger partial charge on any atom is -0.437 e. The summed E-state index contributed by atoms with van der Waals surface area (Å²) in [5.41, 5.74) is 3.53. The second kappa shape index (κ2) is 6.94. The summed E-state index contributed by atoms with van der Waals surface area (Å²) in [6.45, 7) is 0. The number of ketones is 1. The number of aromatic nitrogens is 3. The normalized spacial score (nSPS) is 14.0. The number of pyridine rings is 1. The number of carbonyl (C=O) groups excluding carboxylic acids is 1. The van der Waals surface area contributed by atoms with Gasteiger partial charge in [0.15, 0.2) is 5.78 Å². The molecular weight excluding hydrogens is 390 g/mol. The fourth-order valence-electron chi connectivity index (χ4n) is 3.81. The van der Waals surface area contributed by atoms with Crippen LogP contribution in [-0.2, 0) is 7.05 Å². The molecule has 0 fully saturated rings. The van der Waals surface area contributed by atoms with Crippen LogP contribution in [0, 0.1) is 22.7 Å². The van der Waals surface area contributed by atoms with Crippen molar-refractivity contribution >= 4 is 28.7 Å². The number of nitriles is 2. The summed E-state index contributed by atoms with van der Waals surface area (Å²) in [7, 11) is 1.87. The zero-order valence-electron chi connectivity index (χ0n) is 16.3. The van der Waals surface area contributed by atoms with Crippen LogP contribution in [0.4, 0.5) is 0 Å². The van der Waals surface area contributed by atoms with Gasteiger partial charge in [-0.3, -0.25) is 9.78 Å². The van der Waals surface area contributed by atoms with Gasteiger partial charge >= 0.3 is 0 Å². The fourth-order valence-corrected chi connectivity index (χ4v) is 3.81. The monoisotopic (exact) mass is 403 g/mol. The van der Waals surface area contributed by atoms with Gasteiger partial charge in [-0.05, 0) is 23.8 Å². The lowest BCUT2D eigenvalue weighted by Gasteiger charge is -2.01. The third-order valence-electron chi connectivity index (χ3n) is 5.23. The molecule has 0 saturated heterocycles. The molecule has 0 atom stereocenters. The highest BCUT2D eigenvalue weighted by Gasteiger charge is 2.32. The molecule has 0 spiro atoms. The highest BCUT2D eigenvalue weighted by molar-refractivity contribution is 6.29. The number of rotatable bonds is 2. The Morgan fingerprint density at radius 1 is 1.13 bits per heavy atom. The molecule has 146 valence electrons. The van der Waals surface area contributed by atoms with Crippen molar-refractivity contribution in [1.82, 2.24) is 14.5 Å². The van der Waals surface area contributed by atoms with Gasteiger partial charge in [0.2, 0.25) is 5.71 Å². The number of benzene rings is 1. The van der Waals surface area contributed by atoms with Crippen LogP contribution >= 0.6 is 0 Å². The molecule has 0 radical (unpaired) electrons. The highest BCUT2D eigenvalue weighted by Crippen LogP contribution is 2.40. The molecule has 31 heavy (non-hydrogen) atoms. The van der Waals surface area contributed by atoms with Crippen LogP contribution in [0.15, 0.2) is 70.4 Å². The van der Waals surface area contributed by atoms with E-state index < -0.39 is 0 Å². The van der Waals surface area contributed by atoms with Crippen LogP contribution in [0.1, 0.15) is 21.7 Å². The van der Waals surface area contributed by atoms with Crippen LogP contribution in [0.25, 0.3) is 34.3 Å². The van der Waals surface area contributed by atoms with Crippen molar-refractivity contribution in [3.05, 3.63) is 82.9 Å². The lowest BCUT2D eigenvalue weighted by atomic mass is 9.99. The Hall–Kier alpha value is -4.75. The van der Waals surface area contributed by atoms with E-state index in [1.54, 1.807) is 48.8 Å². The number of carbonyl (C=O) groups is 1. The Balaban J connectivity index is 1.65. The maximum absolute atomic E-state index is 13.0. The van der Waals surface area contributed by atoms with Crippen molar-refractivity contribution in [2.75, 3.05) is 0 Å². The molecule has 0 unspecified atom stereocenters. The van der Waals surface area contributed by atoms with Gasteiger partial charge in [-0.1, -0.05) is 24.3 Å². The van der Waals surface area contributed by atoms with Crippen LogP contribution in [-0.4, -0.2) is 20.3 Å². The minimum absolute atomic E-state index is 0.113. The van der Waals surface area contributed by atoms with Gasteiger partial charge in [-0.25, -0.2) is 0 Å². The first-order valence-corrected chi connectivity index (χ1v) is 9.39. The summed E-state index contributed by atoms with van der Waals surface area (Å²) in [6.07, 6.45) is 4.98. The molecular formula is C24H13N5O2. The number of allylic oxidation sites excluding steroid dienone is 3. The summed E-state index contributed by atoms with van der Waals surface area (Å²) in [6, 6.07) is 16.3. The van der Waals surface area contributed by atoms with E-state index in [4.69, 9.17) is 4.42 Å². The van der Waals surface area contributed by atoms with Crippen molar-refractivity contribution in [3.8, 4) is 23.5 Å². The number of furan rings is 1. The van der Waals surface area contributed by atoms with Gasteiger partial charge in [-0.2, -0.15) is 15.5 Å². The van der Waals surface area contributed by atoms with Crippen LogP contribution in [0.3, 0.4) is 0 Å². The molecule has 7 heteroatoms. The molecule has 1 aliphatic carbocycles. The van der Waals surface area contributed by atoms with E-state index in [1.807, 2.05) is 35.9 Å². The van der Waals surface area contributed by atoms with E-state index >= 15 is 0 Å². The number of hydrogen-bond acceptors (Lipinski definition) is 6. The fraction of sp³-hybridized carbons (Fsp3) is 0.0417. The van der Waals surface area contributed by atoms with Crippen molar-refractivity contribution in [2.24, 2.45) is 7.05 Å². The second-order valence-electron chi connectivity index (χ2n) is 6.98. The van der Waals surface area contributed by atoms with E-state index in [2.05, 4.69) is 9.97 Å². The Labute approximate surface area is 176 Å². The number of imidazole rings is 1. The zero-order chi connectivity index (χ0) is 21.5. The molecule has 0 N–H and O–H groups in total. The third-order valence-corrected chi connectivity index (χ3v) is 5.23. The SMILES string of the molecule is Cn1c(-c2cccnc2)nc2oc(/C=C3\C(=O)c4ccccc4C3=C(C#N)C#N)cc21. The average molecular weight is 403 g/mol. The minimum atomic E-state index is -0.252. The Bertz CT molecular complexity index is 1510. The molecule has 0 amide bonds. The number of fused-ring (bicyclic) bond motifs is 2. The van der Waals surface area contributed by atoms with Crippen molar-refractivity contribution < 1.29 is 9.21 Å². The molecule has 7 nitrogen and oxygen atoms in total. The quantitative estimate of drug-likeness (QED) is 0.364. The number of aryl methyl sites for hydroxylation is 1. The predicted molar refractivity (Wildman–Crippen MR) is 113 cm³/mol. The van der Waals surface area contributed by atoms with E-state index in [0.717, 1.165) is 11.1 Å². The molecule has 5 rings (SSSR count). The van der Waals surface area contributed by atoms with Crippen molar-refractivity contribution in [2.45, 2.75) is 0 Å². The maximum atomic E-state index is 13.0. The van der Waals surface area contributed by atoms with Gasteiger partial charge in [0.1, 0.15) is 34.8 Å². The average Bonchev–Trinajstić information content (AvgIpc) is 3.43. The van der Waals surface area contributed by atoms with Crippen LogP contribution in [0.5, 0.6) is 0 Å². The lowest BCUT2D eigenvalue weighted by Crippen LogP contribution is -1.95.